The van der Waals surface area contributed by atoms with E-state index in [4.69, 9.17) is 4.74 Å². The Hall–Kier alpha value is -2.47. The number of H-pyrrole nitrogens is 1. The van der Waals surface area contributed by atoms with Gasteiger partial charge >= 0.3 is 0 Å². The van der Waals surface area contributed by atoms with Crippen molar-refractivity contribution in [1.82, 2.24) is 14.9 Å². The van der Waals surface area contributed by atoms with E-state index in [1.165, 1.54) is 6.07 Å². The molecule has 1 atom stereocenters. The Kier molecular flexibility index (Phi) is 5.05. The van der Waals surface area contributed by atoms with Gasteiger partial charge in [-0.3, -0.25) is 9.59 Å². The monoisotopic (exact) mass is 327 g/mol. The van der Waals surface area contributed by atoms with Crippen LogP contribution in [0.5, 0.6) is 0 Å². The van der Waals surface area contributed by atoms with Gasteiger partial charge in [-0.2, -0.15) is 0 Å². The highest BCUT2D eigenvalue weighted by Crippen LogP contribution is 2.23. The molecule has 1 aromatic heterocycles. The number of aryl methyl sites for hydroxylation is 2. The zero-order valence-corrected chi connectivity index (χ0v) is 13.7. The lowest BCUT2D eigenvalue weighted by Crippen LogP contribution is -2.44. The lowest BCUT2D eigenvalue weighted by Gasteiger charge is -2.35. The van der Waals surface area contributed by atoms with Crippen LogP contribution < -0.4 is 5.56 Å². The molecule has 126 valence electrons. The van der Waals surface area contributed by atoms with E-state index in [-0.39, 0.29) is 17.5 Å². The first-order chi connectivity index (χ1) is 11.6. The number of hydrogen-bond donors (Lipinski definition) is 1. The molecule has 24 heavy (non-hydrogen) atoms. The largest absolute Gasteiger partial charge is 0.377 e. The Labute approximate surface area is 140 Å². The molecular weight excluding hydrogens is 306 g/mol. The van der Waals surface area contributed by atoms with E-state index in [0.717, 1.165) is 5.56 Å². The van der Waals surface area contributed by atoms with Crippen molar-refractivity contribution in [2.75, 3.05) is 19.8 Å². The molecule has 6 heteroatoms. The summed E-state index contributed by atoms with van der Waals surface area (Å²) in [6.07, 6.45) is 1.13. The van der Waals surface area contributed by atoms with Crippen LogP contribution >= 0.6 is 0 Å². The first-order valence-corrected chi connectivity index (χ1v) is 8.12. The van der Waals surface area contributed by atoms with Gasteiger partial charge in [-0.25, -0.2) is 4.98 Å². The topological polar surface area (TPSA) is 75.3 Å². The van der Waals surface area contributed by atoms with Gasteiger partial charge in [-0.15, -0.1) is 0 Å². The van der Waals surface area contributed by atoms with Crippen molar-refractivity contribution < 1.29 is 9.53 Å². The molecule has 2 heterocycles. The number of amides is 1. The molecule has 1 N–H and O–H groups in total. The number of rotatable bonds is 4. The lowest BCUT2D eigenvalue weighted by molar-refractivity contribution is -0.140. The number of aromatic nitrogens is 2. The van der Waals surface area contributed by atoms with Gasteiger partial charge in [0.05, 0.1) is 24.9 Å². The smallest absolute Gasteiger partial charge is 0.251 e. The van der Waals surface area contributed by atoms with Crippen molar-refractivity contribution in [3.63, 3.8) is 0 Å². The summed E-state index contributed by atoms with van der Waals surface area (Å²) in [6, 6.07) is 11.1. The molecule has 0 bridgehead atoms. The van der Waals surface area contributed by atoms with Crippen LogP contribution in [0.25, 0.3) is 0 Å². The molecule has 2 aromatic rings. The average molecular weight is 327 g/mol. The molecule has 1 aliphatic rings. The maximum absolute atomic E-state index is 12.7. The first kappa shape index (κ1) is 16.4. The van der Waals surface area contributed by atoms with Crippen LogP contribution in [0.4, 0.5) is 0 Å². The quantitative estimate of drug-likeness (QED) is 0.926. The Morgan fingerprint density at radius 1 is 1.38 bits per heavy atom. The normalized spacial score (nSPS) is 17.7. The highest BCUT2D eigenvalue weighted by atomic mass is 16.5. The lowest BCUT2D eigenvalue weighted by atomic mass is 10.1. The number of carbonyl (C=O) groups is 1. The van der Waals surface area contributed by atoms with E-state index in [1.54, 1.807) is 11.8 Å². The van der Waals surface area contributed by atoms with E-state index in [1.807, 2.05) is 30.3 Å². The van der Waals surface area contributed by atoms with Gasteiger partial charge in [0.25, 0.3) is 5.56 Å². The predicted molar refractivity (Wildman–Crippen MR) is 89.6 cm³/mol. The van der Waals surface area contributed by atoms with E-state index < -0.39 is 0 Å². The fourth-order valence-electron chi connectivity index (χ4n) is 2.96. The van der Waals surface area contributed by atoms with Crippen LogP contribution in [0, 0.1) is 6.92 Å². The third-order valence-corrected chi connectivity index (χ3v) is 4.14. The minimum atomic E-state index is -0.303. The number of benzene rings is 1. The summed E-state index contributed by atoms with van der Waals surface area (Å²) in [5.74, 6) is 0.603. The van der Waals surface area contributed by atoms with Gasteiger partial charge in [0, 0.05) is 19.0 Å². The Morgan fingerprint density at radius 2 is 2.17 bits per heavy atom. The van der Waals surface area contributed by atoms with Crippen LogP contribution in [-0.2, 0) is 16.0 Å². The van der Waals surface area contributed by atoms with Crippen LogP contribution in [0.2, 0.25) is 0 Å². The molecule has 6 nitrogen and oxygen atoms in total. The zero-order valence-electron chi connectivity index (χ0n) is 13.7. The van der Waals surface area contributed by atoms with Crippen molar-refractivity contribution in [3.8, 4) is 0 Å². The number of hydrogen-bond acceptors (Lipinski definition) is 4. The van der Waals surface area contributed by atoms with Crippen LogP contribution in [0.1, 0.15) is 29.5 Å². The van der Waals surface area contributed by atoms with Crippen molar-refractivity contribution in [2.45, 2.75) is 25.8 Å². The molecule has 3 rings (SSSR count). The number of nitrogens with one attached hydrogen (secondary N) is 1. The minimum Gasteiger partial charge on any atom is -0.377 e. The van der Waals surface area contributed by atoms with Crippen molar-refractivity contribution in [3.05, 3.63) is 63.8 Å². The highest BCUT2D eigenvalue weighted by molar-refractivity contribution is 5.77. The Morgan fingerprint density at radius 3 is 2.92 bits per heavy atom. The summed E-state index contributed by atoms with van der Waals surface area (Å²) < 4.78 is 5.51. The molecule has 1 saturated heterocycles. The molecule has 0 unspecified atom stereocenters. The van der Waals surface area contributed by atoms with E-state index in [9.17, 15) is 9.59 Å². The van der Waals surface area contributed by atoms with Crippen LogP contribution in [0.15, 0.2) is 41.2 Å². The van der Waals surface area contributed by atoms with Crippen molar-refractivity contribution >= 4 is 5.91 Å². The SMILES string of the molecule is Cc1nc([C@@H]2COCCN2C(=O)CCc2ccccc2)cc(=O)[nH]1. The third kappa shape index (κ3) is 3.89. The molecule has 0 aliphatic carbocycles. The maximum atomic E-state index is 12.7. The second-order valence-electron chi connectivity index (χ2n) is 5.92. The van der Waals surface area contributed by atoms with Gasteiger partial charge in [0.2, 0.25) is 5.91 Å². The molecule has 1 amide bonds. The van der Waals surface area contributed by atoms with E-state index in [2.05, 4.69) is 9.97 Å². The summed E-state index contributed by atoms with van der Waals surface area (Å²) in [5.41, 5.74) is 1.52. The average Bonchev–Trinajstić information content (AvgIpc) is 2.60. The van der Waals surface area contributed by atoms with Gasteiger partial charge in [-0.05, 0) is 18.9 Å². The molecule has 1 aromatic carbocycles. The molecular formula is C18H21N3O3. The standard InChI is InChI=1S/C18H21N3O3/c1-13-19-15(11-17(22)20-13)16-12-24-10-9-21(16)18(23)8-7-14-5-3-2-4-6-14/h2-6,11,16H,7-10,12H2,1H3,(H,19,20,22)/t16-/m0/s1. The number of aromatic amines is 1. The van der Waals surface area contributed by atoms with Gasteiger partial charge in [0.1, 0.15) is 5.82 Å². The summed E-state index contributed by atoms with van der Waals surface area (Å²) in [7, 11) is 0. The van der Waals surface area contributed by atoms with Crippen LogP contribution in [-0.4, -0.2) is 40.5 Å². The third-order valence-electron chi connectivity index (χ3n) is 4.14. The van der Waals surface area contributed by atoms with E-state index >= 15 is 0 Å². The maximum Gasteiger partial charge on any atom is 0.251 e. The second kappa shape index (κ2) is 7.40. The summed E-state index contributed by atoms with van der Waals surface area (Å²) >= 11 is 0. The molecule has 1 aliphatic heterocycles. The molecule has 0 spiro atoms. The fourth-order valence-corrected chi connectivity index (χ4v) is 2.96. The zero-order chi connectivity index (χ0) is 16.9. The summed E-state index contributed by atoms with van der Waals surface area (Å²) in [5, 5.41) is 0. The molecule has 0 saturated carbocycles. The van der Waals surface area contributed by atoms with Gasteiger partial charge in [-0.1, -0.05) is 30.3 Å². The van der Waals surface area contributed by atoms with Gasteiger partial charge in [0.15, 0.2) is 0 Å². The number of nitrogens with zero attached hydrogens (tertiary/aromatic N) is 2. The minimum absolute atomic E-state index is 0.0619. The van der Waals surface area contributed by atoms with Gasteiger partial charge < -0.3 is 14.6 Å². The molecule has 0 radical (unpaired) electrons. The first-order valence-electron chi connectivity index (χ1n) is 8.12. The van der Waals surface area contributed by atoms with Crippen LogP contribution in [0.3, 0.4) is 0 Å². The Balaban J connectivity index is 1.74. The number of ether oxygens (including phenoxy) is 1. The summed E-state index contributed by atoms with van der Waals surface area (Å²) in [4.78, 5) is 33.2. The van der Waals surface area contributed by atoms with Crippen molar-refractivity contribution in [2.24, 2.45) is 0 Å². The number of carbonyl (C=O) groups excluding carboxylic acids is 1. The summed E-state index contributed by atoms with van der Waals surface area (Å²) in [6.45, 7) is 3.13. The molecule has 1 fully saturated rings. The number of morpholine rings is 1. The fraction of sp³-hybridized carbons (Fsp3) is 0.389. The Bertz CT molecular complexity index is 758. The predicted octanol–water partition coefficient (Wildman–Crippen LogP) is 1.61. The van der Waals surface area contributed by atoms with E-state index in [0.29, 0.717) is 44.1 Å². The van der Waals surface area contributed by atoms with Crippen molar-refractivity contribution in [1.29, 1.82) is 0 Å². The second-order valence-corrected chi connectivity index (χ2v) is 5.92. The highest BCUT2D eigenvalue weighted by Gasteiger charge is 2.29.